The minimum atomic E-state index is 0.363. The maximum absolute atomic E-state index is 3.81. The lowest BCUT2D eigenvalue weighted by atomic mass is 9.89. The zero-order chi connectivity index (χ0) is 8.86. The Balaban J connectivity index is 2.55. The highest BCUT2D eigenvalue weighted by Gasteiger charge is 2.35. The van der Waals surface area contributed by atoms with Crippen LogP contribution in [0.2, 0.25) is 0 Å². The summed E-state index contributed by atoms with van der Waals surface area (Å²) >= 11 is 0. The number of rotatable bonds is 4. The summed E-state index contributed by atoms with van der Waals surface area (Å²) in [7, 11) is 0. The molecule has 0 saturated carbocycles. The molecule has 0 aromatic heterocycles. The summed E-state index contributed by atoms with van der Waals surface area (Å²) in [5.41, 5.74) is 0.363. The standard InChI is InChI=1S/C10H18N2/c1-3-5-10(6-4-2)9-11-7-8-12-10/h3-4,11-12H,1-2,5-9H2/p+2. The first-order valence-corrected chi connectivity index (χ1v) is 4.71. The largest absolute Gasteiger partial charge is 0.336 e. The van der Waals surface area contributed by atoms with Gasteiger partial charge in [-0.1, -0.05) is 12.2 Å². The number of hydrogen-bond donors (Lipinski definition) is 2. The Morgan fingerprint density at radius 1 is 1.17 bits per heavy atom. The van der Waals surface area contributed by atoms with Crippen LogP contribution in [0.25, 0.3) is 0 Å². The Kier molecular flexibility index (Phi) is 3.50. The van der Waals surface area contributed by atoms with Crippen molar-refractivity contribution >= 4 is 0 Å². The molecule has 68 valence electrons. The number of nitrogens with two attached hydrogens (primary N) is 2. The summed E-state index contributed by atoms with van der Waals surface area (Å²) in [6, 6.07) is 0. The topological polar surface area (TPSA) is 33.2 Å². The highest BCUT2D eigenvalue weighted by Crippen LogP contribution is 2.09. The minimum absolute atomic E-state index is 0.363. The lowest BCUT2D eigenvalue weighted by Gasteiger charge is -2.31. The van der Waals surface area contributed by atoms with Crippen LogP contribution >= 0.6 is 0 Å². The van der Waals surface area contributed by atoms with Crippen LogP contribution in [0.5, 0.6) is 0 Å². The highest BCUT2D eigenvalue weighted by molar-refractivity contribution is 4.91. The lowest BCUT2D eigenvalue weighted by Crippen LogP contribution is -3.12. The second-order valence-corrected chi connectivity index (χ2v) is 3.62. The van der Waals surface area contributed by atoms with E-state index in [1.807, 2.05) is 12.2 Å². The number of piperazine rings is 1. The van der Waals surface area contributed by atoms with Crippen molar-refractivity contribution in [1.82, 2.24) is 0 Å². The zero-order valence-corrected chi connectivity index (χ0v) is 7.76. The van der Waals surface area contributed by atoms with Crippen LogP contribution < -0.4 is 10.6 Å². The van der Waals surface area contributed by atoms with Gasteiger partial charge >= 0.3 is 0 Å². The second-order valence-electron chi connectivity index (χ2n) is 3.62. The van der Waals surface area contributed by atoms with Gasteiger partial charge in [0.05, 0.1) is 0 Å². The van der Waals surface area contributed by atoms with Gasteiger partial charge in [-0.25, -0.2) is 0 Å². The van der Waals surface area contributed by atoms with E-state index in [0.29, 0.717) is 5.54 Å². The molecule has 1 aliphatic heterocycles. The van der Waals surface area contributed by atoms with Crippen molar-refractivity contribution in [2.45, 2.75) is 18.4 Å². The van der Waals surface area contributed by atoms with Crippen molar-refractivity contribution in [2.75, 3.05) is 19.6 Å². The maximum Gasteiger partial charge on any atom is 0.152 e. The van der Waals surface area contributed by atoms with Crippen molar-refractivity contribution in [3.63, 3.8) is 0 Å². The molecule has 0 aromatic carbocycles. The Labute approximate surface area is 74.7 Å². The summed E-state index contributed by atoms with van der Waals surface area (Å²) in [6.45, 7) is 11.3. The van der Waals surface area contributed by atoms with Gasteiger partial charge in [0, 0.05) is 12.8 Å². The van der Waals surface area contributed by atoms with Gasteiger partial charge in [-0.05, 0) is 0 Å². The predicted molar refractivity (Wildman–Crippen MR) is 50.8 cm³/mol. The zero-order valence-electron chi connectivity index (χ0n) is 7.76. The van der Waals surface area contributed by atoms with E-state index in [-0.39, 0.29) is 0 Å². The van der Waals surface area contributed by atoms with Gasteiger partial charge in [-0.3, -0.25) is 0 Å². The van der Waals surface area contributed by atoms with Crippen LogP contribution in [0.1, 0.15) is 12.8 Å². The van der Waals surface area contributed by atoms with Crippen LogP contribution in [0.3, 0.4) is 0 Å². The van der Waals surface area contributed by atoms with Gasteiger partial charge in [0.15, 0.2) is 5.54 Å². The van der Waals surface area contributed by atoms with Gasteiger partial charge in [-0.2, -0.15) is 0 Å². The lowest BCUT2D eigenvalue weighted by molar-refractivity contribution is -0.837. The Bertz CT molecular complexity index is 145. The van der Waals surface area contributed by atoms with Crippen LogP contribution in [0, 0.1) is 0 Å². The Morgan fingerprint density at radius 3 is 2.25 bits per heavy atom. The third-order valence-corrected chi connectivity index (χ3v) is 2.60. The van der Waals surface area contributed by atoms with E-state index < -0.39 is 0 Å². The molecule has 12 heavy (non-hydrogen) atoms. The predicted octanol–water partition coefficient (Wildman–Crippen LogP) is -0.982. The van der Waals surface area contributed by atoms with Gasteiger partial charge in [0.25, 0.3) is 0 Å². The van der Waals surface area contributed by atoms with Crippen molar-refractivity contribution < 1.29 is 10.6 Å². The normalized spacial score (nSPS) is 21.7. The van der Waals surface area contributed by atoms with Gasteiger partial charge < -0.3 is 10.6 Å². The number of quaternary nitrogens is 2. The molecule has 0 aromatic rings. The molecular weight excluding hydrogens is 148 g/mol. The molecule has 1 saturated heterocycles. The van der Waals surface area contributed by atoms with Crippen LogP contribution in [0.4, 0.5) is 0 Å². The third kappa shape index (κ3) is 2.19. The van der Waals surface area contributed by atoms with Crippen molar-refractivity contribution in [1.29, 1.82) is 0 Å². The third-order valence-electron chi connectivity index (χ3n) is 2.60. The number of hydrogen-bond acceptors (Lipinski definition) is 0. The molecule has 1 heterocycles. The average Bonchev–Trinajstić information content (AvgIpc) is 2.07. The SMILES string of the molecule is C=CCC1(CC=C)C[NH2+]CC[NH2+]1. The fourth-order valence-corrected chi connectivity index (χ4v) is 1.97. The molecular formula is C10H20N2+2. The summed E-state index contributed by atoms with van der Waals surface area (Å²) in [5, 5.41) is 4.85. The van der Waals surface area contributed by atoms with E-state index >= 15 is 0 Å². The molecule has 0 aliphatic carbocycles. The van der Waals surface area contributed by atoms with E-state index in [9.17, 15) is 0 Å². The average molecular weight is 168 g/mol. The summed E-state index contributed by atoms with van der Waals surface area (Å²) in [4.78, 5) is 0. The van der Waals surface area contributed by atoms with Crippen molar-refractivity contribution in [3.05, 3.63) is 25.3 Å². The summed E-state index contributed by atoms with van der Waals surface area (Å²) in [5.74, 6) is 0. The molecule has 2 heteroatoms. The molecule has 0 atom stereocenters. The first-order valence-electron chi connectivity index (χ1n) is 4.71. The van der Waals surface area contributed by atoms with E-state index in [0.717, 1.165) is 12.8 Å². The molecule has 2 nitrogen and oxygen atoms in total. The first kappa shape index (κ1) is 9.49. The van der Waals surface area contributed by atoms with Gasteiger partial charge in [0.1, 0.15) is 19.6 Å². The summed E-state index contributed by atoms with van der Waals surface area (Å²) in [6.07, 6.45) is 6.24. The molecule has 1 aliphatic rings. The molecule has 0 radical (unpaired) electrons. The maximum atomic E-state index is 3.81. The smallest absolute Gasteiger partial charge is 0.152 e. The second kappa shape index (κ2) is 4.43. The Morgan fingerprint density at radius 2 is 1.83 bits per heavy atom. The minimum Gasteiger partial charge on any atom is -0.336 e. The van der Waals surface area contributed by atoms with E-state index in [2.05, 4.69) is 23.8 Å². The van der Waals surface area contributed by atoms with E-state index in [1.165, 1.54) is 19.6 Å². The van der Waals surface area contributed by atoms with Crippen LogP contribution in [-0.2, 0) is 0 Å². The van der Waals surface area contributed by atoms with Crippen LogP contribution in [-0.4, -0.2) is 25.2 Å². The highest BCUT2D eigenvalue weighted by atomic mass is 15.1. The fraction of sp³-hybridized carbons (Fsp3) is 0.600. The van der Waals surface area contributed by atoms with Crippen LogP contribution in [0.15, 0.2) is 25.3 Å². The summed E-state index contributed by atoms with van der Waals surface area (Å²) < 4.78 is 0. The quantitative estimate of drug-likeness (QED) is 0.506. The van der Waals surface area contributed by atoms with Crippen molar-refractivity contribution in [2.24, 2.45) is 0 Å². The molecule has 0 unspecified atom stereocenters. The molecule has 4 N–H and O–H groups in total. The van der Waals surface area contributed by atoms with Gasteiger partial charge in [0.2, 0.25) is 0 Å². The molecule has 1 rings (SSSR count). The molecule has 0 spiro atoms. The fourth-order valence-electron chi connectivity index (χ4n) is 1.97. The monoisotopic (exact) mass is 168 g/mol. The van der Waals surface area contributed by atoms with E-state index in [1.54, 1.807) is 0 Å². The van der Waals surface area contributed by atoms with Gasteiger partial charge in [-0.15, -0.1) is 13.2 Å². The molecule has 0 bridgehead atoms. The van der Waals surface area contributed by atoms with Crippen molar-refractivity contribution in [3.8, 4) is 0 Å². The molecule has 1 fully saturated rings. The Hall–Kier alpha value is -0.600. The van der Waals surface area contributed by atoms with E-state index in [4.69, 9.17) is 0 Å². The first-order chi connectivity index (χ1) is 5.83. The molecule has 0 amide bonds.